The van der Waals surface area contributed by atoms with Crippen LogP contribution in [0.15, 0.2) is 66.9 Å². The summed E-state index contributed by atoms with van der Waals surface area (Å²) in [5.41, 5.74) is 3.52. The highest BCUT2D eigenvalue weighted by atomic mass is 35.5. The summed E-state index contributed by atoms with van der Waals surface area (Å²) >= 11 is 6.12. The molecule has 140 valence electrons. The van der Waals surface area contributed by atoms with Crippen molar-refractivity contribution >= 4 is 29.1 Å². The molecular formula is C22H18ClN3O2. The first-order valence-electron chi connectivity index (χ1n) is 9.01. The lowest BCUT2D eigenvalue weighted by Gasteiger charge is -2.17. The Morgan fingerprint density at radius 2 is 1.86 bits per heavy atom. The van der Waals surface area contributed by atoms with Gasteiger partial charge in [-0.05, 0) is 41.8 Å². The van der Waals surface area contributed by atoms with E-state index in [4.69, 9.17) is 11.6 Å². The summed E-state index contributed by atoms with van der Waals surface area (Å²) in [7, 11) is 0. The summed E-state index contributed by atoms with van der Waals surface area (Å²) in [5, 5.41) is 3.43. The molecule has 2 aromatic carbocycles. The number of fused-ring (bicyclic) bond motifs is 1. The Balaban J connectivity index is 1.49. The van der Waals surface area contributed by atoms with E-state index in [1.54, 1.807) is 17.0 Å². The van der Waals surface area contributed by atoms with Crippen molar-refractivity contribution in [2.75, 3.05) is 11.4 Å². The Labute approximate surface area is 168 Å². The lowest BCUT2D eigenvalue weighted by Crippen LogP contribution is -2.30. The number of carbonyl (C=O) groups excluding carboxylic acids is 2. The number of halogens is 1. The number of rotatable bonds is 4. The summed E-state index contributed by atoms with van der Waals surface area (Å²) in [6.07, 6.45) is 2.31. The van der Waals surface area contributed by atoms with Crippen LogP contribution in [0.5, 0.6) is 0 Å². The minimum atomic E-state index is -0.279. The molecule has 0 atom stereocenters. The Kier molecular flexibility index (Phi) is 5.08. The number of nitrogens with one attached hydrogen (secondary N) is 1. The van der Waals surface area contributed by atoms with E-state index in [2.05, 4.69) is 10.3 Å². The molecular weight excluding hydrogens is 374 g/mol. The van der Waals surface area contributed by atoms with Gasteiger partial charge in [-0.2, -0.15) is 0 Å². The molecule has 3 aromatic rings. The van der Waals surface area contributed by atoms with Gasteiger partial charge in [0.25, 0.3) is 11.8 Å². The van der Waals surface area contributed by atoms with Gasteiger partial charge in [-0.15, -0.1) is 0 Å². The Hall–Kier alpha value is -3.18. The maximum atomic E-state index is 12.9. The normalized spacial score (nSPS) is 12.5. The third-order valence-corrected chi connectivity index (χ3v) is 5.14. The topological polar surface area (TPSA) is 62.3 Å². The highest BCUT2D eigenvalue weighted by Crippen LogP contribution is 2.28. The van der Waals surface area contributed by atoms with Gasteiger partial charge in [0.05, 0.1) is 0 Å². The molecule has 0 fully saturated rings. The zero-order valence-electron chi connectivity index (χ0n) is 15.1. The van der Waals surface area contributed by atoms with Crippen LogP contribution in [0.4, 0.5) is 5.69 Å². The SMILES string of the molecule is O=C(NCc1ccccc1Cl)c1ccnc(C(=O)N2CCc3ccccc32)c1. The second-order valence-corrected chi connectivity index (χ2v) is 6.95. The van der Waals surface area contributed by atoms with Crippen LogP contribution in [0.1, 0.15) is 32.0 Å². The molecule has 5 nitrogen and oxygen atoms in total. The minimum Gasteiger partial charge on any atom is -0.348 e. The molecule has 0 aliphatic carbocycles. The van der Waals surface area contributed by atoms with E-state index in [-0.39, 0.29) is 17.5 Å². The van der Waals surface area contributed by atoms with Crippen LogP contribution in [0.2, 0.25) is 5.02 Å². The van der Waals surface area contributed by atoms with Crippen molar-refractivity contribution in [2.45, 2.75) is 13.0 Å². The molecule has 0 saturated heterocycles. The first-order chi connectivity index (χ1) is 13.6. The van der Waals surface area contributed by atoms with Gasteiger partial charge in [-0.3, -0.25) is 14.6 Å². The Morgan fingerprint density at radius 3 is 2.71 bits per heavy atom. The molecule has 0 unspecified atom stereocenters. The van der Waals surface area contributed by atoms with E-state index in [0.717, 1.165) is 23.2 Å². The van der Waals surface area contributed by atoms with E-state index in [0.29, 0.717) is 23.7 Å². The number of anilines is 1. The predicted molar refractivity (Wildman–Crippen MR) is 109 cm³/mol. The van der Waals surface area contributed by atoms with Crippen molar-refractivity contribution in [2.24, 2.45) is 0 Å². The van der Waals surface area contributed by atoms with Crippen LogP contribution in [-0.4, -0.2) is 23.3 Å². The number of nitrogens with zero attached hydrogens (tertiary/aromatic N) is 2. The number of para-hydroxylation sites is 1. The van der Waals surface area contributed by atoms with Gasteiger partial charge < -0.3 is 10.2 Å². The minimum absolute atomic E-state index is 0.203. The maximum absolute atomic E-state index is 12.9. The van der Waals surface area contributed by atoms with Gasteiger partial charge >= 0.3 is 0 Å². The van der Waals surface area contributed by atoms with E-state index in [9.17, 15) is 9.59 Å². The average Bonchev–Trinajstić information content (AvgIpc) is 3.16. The van der Waals surface area contributed by atoms with Gasteiger partial charge in [0.1, 0.15) is 5.69 Å². The van der Waals surface area contributed by atoms with Crippen molar-refractivity contribution in [3.8, 4) is 0 Å². The summed E-state index contributed by atoms with van der Waals surface area (Å²) in [4.78, 5) is 31.3. The van der Waals surface area contributed by atoms with Gasteiger partial charge in [-0.25, -0.2) is 0 Å². The van der Waals surface area contributed by atoms with Crippen molar-refractivity contribution in [1.29, 1.82) is 0 Å². The number of carbonyl (C=O) groups is 2. The molecule has 0 spiro atoms. The molecule has 1 N–H and O–H groups in total. The van der Waals surface area contributed by atoms with Crippen molar-refractivity contribution in [3.63, 3.8) is 0 Å². The largest absolute Gasteiger partial charge is 0.348 e. The number of aromatic nitrogens is 1. The van der Waals surface area contributed by atoms with Gasteiger partial charge in [0, 0.05) is 35.6 Å². The number of pyridine rings is 1. The first-order valence-corrected chi connectivity index (χ1v) is 9.39. The van der Waals surface area contributed by atoms with Gasteiger partial charge in [0.2, 0.25) is 0 Å². The van der Waals surface area contributed by atoms with Crippen LogP contribution in [-0.2, 0) is 13.0 Å². The van der Waals surface area contributed by atoms with E-state index in [1.165, 1.54) is 12.3 Å². The molecule has 0 radical (unpaired) electrons. The number of hydrogen-bond acceptors (Lipinski definition) is 3. The smallest absolute Gasteiger partial charge is 0.276 e. The molecule has 0 saturated carbocycles. The molecule has 6 heteroatoms. The van der Waals surface area contributed by atoms with E-state index < -0.39 is 0 Å². The number of amides is 2. The first kappa shape index (κ1) is 18.2. The molecule has 1 aliphatic rings. The fraction of sp³-hybridized carbons (Fsp3) is 0.136. The molecule has 1 aromatic heterocycles. The number of hydrogen-bond donors (Lipinski definition) is 1. The molecule has 0 bridgehead atoms. The van der Waals surface area contributed by atoms with Crippen molar-refractivity contribution in [3.05, 3.63) is 94.3 Å². The third kappa shape index (κ3) is 3.62. The second kappa shape index (κ2) is 7.82. The van der Waals surface area contributed by atoms with Crippen LogP contribution in [0, 0.1) is 0 Å². The Morgan fingerprint density at radius 1 is 1.07 bits per heavy atom. The Bertz CT molecular complexity index is 1050. The van der Waals surface area contributed by atoms with Crippen molar-refractivity contribution in [1.82, 2.24) is 10.3 Å². The summed E-state index contributed by atoms with van der Waals surface area (Å²) < 4.78 is 0. The zero-order valence-corrected chi connectivity index (χ0v) is 15.8. The van der Waals surface area contributed by atoms with Crippen LogP contribution >= 0.6 is 11.6 Å². The molecule has 4 rings (SSSR count). The summed E-state index contributed by atoms with van der Waals surface area (Å²) in [5.74, 6) is -0.483. The number of benzene rings is 2. The molecule has 28 heavy (non-hydrogen) atoms. The average molecular weight is 392 g/mol. The van der Waals surface area contributed by atoms with E-state index >= 15 is 0 Å². The molecule has 1 aliphatic heterocycles. The second-order valence-electron chi connectivity index (χ2n) is 6.54. The molecule has 2 amide bonds. The monoisotopic (exact) mass is 391 g/mol. The van der Waals surface area contributed by atoms with E-state index in [1.807, 2.05) is 42.5 Å². The summed E-state index contributed by atoms with van der Waals surface area (Å²) in [6.45, 7) is 0.923. The zero-order chi connectivity index (χ0) is 19.5. The van der Waals surface area contributed by atoms with Crippen LogP contribution in [0.3, 0.4) is 0 Å². The quantitative estimate of drug-likeness (QED) is 0.734. The van der Waals surface area contributed by atoms with Gasteiger partial charge in [-0.1, -0.05) is 48.0 Å². The molecule has 2 heterocycles. The lowest BCUT2D eigenvalue weighted by molar-refractivity contribution is 0.0951. The van der Waals surface area contributed by atoms with Crippen LogP contribution < -0.4 is 10.2 Å². The standard InChI is InChI=1S/C22H18ClN3O2/c23-18-7-3-1-6-17(18)14-25-21(27)16-9-11-24-19(13-16)22(28)26-12-10-15-5-2-4-8-20(15)26/h1-9,11,13H,10,12,14H2,(H,25,27). The fourth-order valence-electron chi connectivity index (χ4n) is 3.30. The lowest BCUT2D eigenvalue weighted by atomic mass is 10.1. The summed E-state index contributed by atoms with van der Waals surface area (Å²) in [6, 6.07) is 18.3. The highest BCUT2D eigenvalue weighted by molar-refractivity contribution is 6.31. The van der Waals surface area contributed by atoms with Gasteiger partial charge in [0.15, 0.2) is 0 Å². The van der Waals surface area contributed by atoms with Crippen LogP contribution in [0.25, 0.3) is 0 Å². The third-order valence-electron chi connectivity index (χ3n) is 4.77. The van der Waals surface area contributed by atoms with Crippen molar-refractivity contribution < 1.29 is 9.59 Å². The fourth-order valence-corrected chi connectivity index (χ4v) is 3.50. The highest BCUT2D eigenvalue weighted by Gasteiger charge is 2.26. The maximum Gasteiger partial charge on any atom is 0.276 e. The predicted octanol–water partition coefficient (Wildman–Crippen LogP) is 3.87.